The third-order valence-corrected chi connectivity index (χ3v) is 4.68. The van der Waals surface area contributed by atoms with E-state index in [2.05, 4.69) is 18.2 Å². The second-order valence-corrected chi connectivity index (χ2v) is 5.28. The van der Waals surface area contributed by atoms with Gasteiger partial charge in [0, 0.05) is 0 Å². The molecule has 0 bridgehead atoms. The van der Waals surface area contributed by atoms with Crippen molar-refractivity contribution in [3.63, 3.8) is 0 Å². The summed E-state index contributed by atoms with van der Waals surface area (Å²) in [6, 6.07) is 7.77. The van der Waals surface area contributed by atoms with Crippen LogP contribution in [0.15, 0.2) is 35.9 Å². The maximum Gasteiger partial charge on any atom is 0.488 e. The molecule has 0 saturated heterocycles. The minimum atomic E-state index is -1.35. The van der Waals surface area contributed by atoms with Gasteiger partial charge < -0.3 is 10.0 Å². The fourth-order valence-electron chi connectivity index (χ4n) is 3.77. The molecule has 0 spiro atoms. The molecule has 4 atom stereocenters. The van der Waals surface area contributed by atoms with Crippen LogP contribution in [0.25, 0.3) is 0 Å². The molecule has 3 heteroatoms. The number of benzene rings is 1. The van der Waals surface area contributed by atoms with Crippen molar-refractivity contribution in [3.05, 3.63) is 41.5 Å². The van der Waals surface area contributed by atoms with E-state index in [0.717, 1.165) is 17.8 Å². The van der Waals surface area contributed by atoms with Crippen molar-refractivity contribution in [1.82, 2.24) is 0 Å². The monoisotopic (exact) mass is 212 g/mol. The molecule has 2 fully saturated rings. The van der Waals surface area contributed by atoms with E-state index >= 15 is 0 Å². The summed E-state index contributed by atoms with van der Waals surface area (Å²) in [4.78, 5) is 0. The third-order valence-electron chi connectivity index (χ3n) is 4.68. The fourth-order valence-corrected chi connectivity index (χ4v) is 3.77. The van der Waals surface area contributed by atoms with Crippen molar-refractivity contribution in [2.75, 3.05) is 0 Å². The van der Waals surface area contributed by atoms with E-state index in [9.17, 15) is 0 Å². The van der Waals surface area contributed by atoms with Crippen molar-refractivity contribution >= 4 is 12.6 Å². The smallest absolute Gasteiger partial charge is 0.423 e. The maximum atomic E-state index is 9.04. The molecular formula is C13H13BO2. The summed E-state index contributed by atoms with van der Waals surface area (Å²) in [6.45, 7) is 0. The van der Waals surface area contributed by atoms with Crippen LogP contribution in [-0.4, -0.2) is 17.2 Å². The van der Waals surface area contributed by atoms with E-state index in [1.54, 1.807) is 5.57 Å². The predicted octanol–water partition coefficient (Wildman–Crippen LogP) is 0.656. The van der Waals surface area contributed by atoms with Gasteiger partial charge in [-0.25, -0.2) is 0 Å². The van der Waals surface area contributed by atoms with Crippen LogP contribution in [0.3, 0.4) is 0 Å². The molecule has 2 N–H and O–H groups in total. The zero-order chi connectivity index (χ0) is 10.9. The molecule has 3 aliphatic rings. The van der Waals surface area contributed by atoms with E-state index in [1.807, 2.05) is 12.1 Å². The summed E-state index contributed by atoms with van der Waals surface area (Å²) >= 11 is 0. The molecule has 0 amide bonds. The normalized spacial score (nSPS) is 37.5. The van der Waals surface area contributed by atoms with Gasteiger partial charge in [-0.3, -0.25) is 0 Å². The molecule has 0 aliphatic heterocycles. The molecule has 2 nitrogen and oxygen atoms in total. The fraction of sp³-hybridized carbons (Fsp3) is 0.385. The number of allylic oxidation sites excluding steroid dienone is 2. The zero-order valence-corrected chi connectivity index (χ0v) is 8.88. The Morgan fingerprint density at radius 2 is 1.81 bits per heavy atom. The van der Waals surface area contributed by atoms with Crippen molar-refractivity contribution in [2.24, 2.45) is 17.8 Å². The summed E-state index contributed by atoms with van der Waals surface area (Å²) in [5.74, 6) is 3.30. The van der Waals surface area contributed by atoms with Crippen LogP contribution in [0, 0.1) is 17.8 Å². The highest BCUT2D eigenvalue weighted by atomic mass is 16.4. The molecule has 1 aromatic rings. The first-order valence-corrected chi connectivity index (χ1v) is 5.92. The van der Waals surface area contributed by atoms with Gasteiger partial charge >= 0.3 is 7.12 Å². The van der Waals surface area contributed by atoms with Crippen molar-refractivity contribution in [2.45, 2.75) is 12.3 Å². The lowest BCUT2D eigenvalue weighted by molar-refractivity contribution is -0.00598. The highest BCUT2D eigenvalue weighted by molar-refractivity contribution is 6.58. The zero-order valence-electron chi connectivity index (χ0n) is 8.88. The van der Waals surface area contributed by atoms with Crippen LogP contribution in [0.1, 0.15) is 17.9 Å². The number of hydrogen-bond donors (Lipinski definition) is 2. The van der Waals surface area contributed by atoms with E-state index in [1.165, 1.54) is 12.0 Å². The molecule has 0 radical (unpaired) electrons. The largest absolute Gasteiger partial charge is 0.488 e. The van der Waals surface area contributed by atoms with Gasteiger partial charge in [-0.1, -0.05) is 35.9 Å². The van der Waals surface area contributed by atoms with Gasteiger partial charge in [-0.15, -0.1) is 0 Å². The van der Waals surface area contributed by atoms with E-state index in [0.29, 0.717) is 11.4 Å². The van der Waals surface area contributed by atoms with Crippen LogP contribution in [0.4, 0.5) is 0 Å². The average molecular weight is 212 g/mol. The Hall–Kier alpha value is -1.06. The highest BCUT2D eigenvalue weighted by Crippen LogP contribution is 2.71. The Bertz CT molecular complexity index is 477. The van der Waals surface area contributed by atoms with Gasteiger partial charge in [-0.2, -0.15) is 0 Å². The second kappa shape index (κ2) is 2.79. The summed E-state index contributed by atoms with van der Waals surface area (Å²) in [7, 11) is -1.35. The minimum Gasteiger partial charge on any atom is -0.423 e. The maximum absolute atomic E-state index is 9.04. The molecule has 1 aromatic carbocycles. The lowest BCUT2D eigenvalue weighted by atomic mass is 9.37. The van der Waals surface area contributed by atoms with Crippen molar-refractivity contribution in [3.8, 4) is 0 Å². The molecule has 4 unspecified atom stereocenters. The first-order chi connectivity index (χ1) is 7.75. The minimum absolute atomic E-state index is 0.582. The predicted molar refractivity (Wildman–Crippen MR) is 62.2 cm³/mol. The summed E-state index contributed by atoms with van der Waals surface area (Å²) in [5.41, 5.74) is 3.64. The van der Waals surface area contributed by atoms with Gasteiger partial charge in [0.2, 0.25) is 0 Å². The SMILES string of the molecule is OB(O)c1ccc(C2C3C=C4CC2C43)cc1. The summed E-state index contributed by atoms with van der Waals surface area (Å²) in [5, 5.41) is 18.1. The topological polar surface area (TPSA) is 40.5 Å². The lowest BCUT2D eigenvalue weighted by Gasteiger charge is -2.67. The average Bonchev–Trinajstić information content (AvgIpc) is 2.28. The first kappa shape index (κ1) is 9.02. The summed E-state index contributed by atoms with van der Waals surface area (Å²) in [6.07, 6.45) is 3.74. The third kappa shape index (κ3) is 0.914. The Morgan fingerprint density at radius 1 is 1.06 bits per heavy atom. The molecule has 3 aliphatic carbocycles. The second-order valence-electron chi connectivity index (χ2n) is 5.28. The standard InChI is InChI=1S/C13H13BO2/c15-14(16)9-3-1-7(2-4-9)12-10-5-8-6-11(12)13(8)10/h1-5,10-13,15-16H,6H2. The van der Waals surface area contributed by atoms with Crippen molar-refractivity contribution in [1.29, 1.82) is 0 Å². The van der Waals surface area contributed by atoms with E-state index in [-0.39, 0.29) is 0 Å². The van der Waals surface area contributed by atoms with Crippen LogP contribution in [0.5, 0.6) is 0 Å². The van der Waals surface area contributed by atoms with E-state index in [4.69, 9.17) is 10.0 Å². The van der Waals surface area contributed by atoms with Gasteiger partial charge in [0.15, 0.2) is 0 Å². The number of hydrogen-bond acceptors (Lipinski definition) is 2. The Morgan fingerprint density at radius 3 is 2.25 bits per heavy atom. The molecule has 16 heavy (non-hydrogen) atoms. The Kier molecular flexibility index (Phi) is 1.57. The molecule has 0 aromatic heterocycles. The lowest BCUT2D eigenvalue weighted by Crippen LogP contribution is -2.58. The molecule has 4 rings (SSSR count). The van der Waals surface area contributed by atoms with Gasteiger partial charge in [0.1, 0.15) is 0 Å². The van der Waals surface area contributed by atoms with Crippen LogP contribution < -0.4 is 5.46 Å². The Balaban J connectivity index is 1.62. The van der Waals surface area contributed by atoms with Crippen LogP contribution in [-0.2, 0) is 0 Å². The van der Waals surface area contributed by atoms with Gasteiger partial charge in [0.05, 0.1) is 0 Å². The molecule has 0 heterocycles. The first-order valence-electron chi connectivity index (χ1n) is 5.92. The van der Waals surface area contributed by atoms with Crippen LogP contribution >= 0.6 is 0 Å². The number of rotatable bonds is 2. The van der Waals surface area contributed by atoms with Gasteiger partial charge in [-0.05, 0) is 41.1 Å². The van der Waals surface area contributed by atoms with E-state index < -0.39 is 7.12 Å². The molecule has 80 valence electrons. The molecular weight excluding hydrogens is 199 g/mol. The quantitative estimate of drug-likeness (QED) is 0.558. The van der Waals surface area contributed by atoms with Gasteiger partial charge in [0.25, 0.3) is 0 Å². The van der Waals surface area contributed by atoms with Crippen molar-refractivity contribution < 1.29 is 10.0 Å². The van der Waals surface area contributed by atoms with Crippen LogP contribution in [0.2, 0.25) is 0 Å². The molecule has 2 saturated carbocycles. The Labute approximate surface area is 94.8 Å². The highest BCUT2D eigenvalue weighted by Gasteiger charge is 2.62. The summed E-state index contributed by atoms with van der Waals surface area (Å²) < 4.78 is 0.